The second-order valence-corrected chi connectivity index (χ2v) is 3.48. The Morgan fingerprint density at radius 2 is 1.89 bits per heavy atom. The Labute approximate surface area is 101 Å². The fourth-order valence-electron chi connectivity index (χ4n) is 1.55. The molecule has 98 valence electrons. The van der Waals surface area contributed by atoms with E-state index < -0.39 is 11.9 Å². The smallest absolute Gasteiger partial charge is 0.437 e. The lowest BCUT2D eigenvalue weighted by Crippen LogP contribution is -2.25. The second-order valence-electron chi connectivity index (χ2n) is 3.48. The fraction of sp³-hybridized carbons (Fsp3) is 0.364. The maximum absolute atomic E-state index is 12.7. The predicted molar refractivity (Wildman–Crippen MR) is 57.0 cm³/mol. The molecule has 0 amide bonds. The number of alkyl halides is 3. The van der Waals surface area contributed by atoms with Gasteiger partial charge >= 0.3 is 6.18 Å². The number of nitrogens with zero attached hydrogens (tertiary/aromatic N) is 1. The summed E-state index contributed by atoms with van der Waals surface area (Å²) in [5.41, 5.74) is -1.24. The van der Waals surface area contributed by atoms with Gasteiger partial charge in [-0.3, -0.25) is 0 Å². The molecule has 2 rings (SSSR count). The van der Waals surface area contributed by atoms with Crippen LogP contribution in [0.25, 0.3) is 0 Å². The molecule has 0 aromatic heterocycles. The standard InChI is InChI=1S/C11H10F3NO3/c1-16-15-10(11(12,13)14)7-2-3-8-9(6-7)18-5-4-17-8/h2-3,6H,4-5H2,1H3/b15-10-. The molecular formula is C11H10F3NO3. The van der Waals surface area contributed by atoms with Crippen molar-refractivity contribution in [2.75, 3.05) is 20.3 Å². The minimum Gasteiger partial charge on any atom is -0.486 e. The molecule has 4 nitrogen and oxygen atoms in total. The molecule has 0 atom stereocenters. The summed E-state index contributed by atoms with van der Waals surface area (Å²) >= 11 is 0. The van der Waals surface area contributed by atoms with Crippen molar-refractivity contribution in [2.24, 2.45) is 5.16 Å². The van der Waals surface area contributed by atoms with Gasteiger partial charge in [0.15, 0.2) is 17.2 Å². The highest BCUT2D eigenvalue weighted by molar-refractivity contribution is 6.04. The topological polar surface area (TPSA) is 40.0 Å². The Morgan fingerprint density at radius 3 is 2.50 bits per heavy atom. The van der Waals surface area contributed by atoms with E-state index in [0.29, 0.717) is 19.0 Å². The maximum Gasteiger partial charge on any atom is 0.437 e. The van der Waals surface area contributed by atoms with Crippen LogP contribution in [-0.4, -0.2) is 32.2 Å². The van der Waals surface area contributed by atoms with E-state index >= 15 is 0 Å². The number of fused-ring (bicyclic) bond motifs is 1. The quantitative estimate of drug-likeness (QED) is 0.606. The van der Waals surface area contributed by atoms with Crippen LogP contribution in [0.15, 0.2) is 23.4 Å². The Hall–Kier alpha value is -1.92. The van der Waals surface area contributed by atoms with Crippen LogP contribution < -0.4 is 9.47 Å². The van der Waals surface area contributed by atoms with Crippen molar-refractivity contribution in [3.63, 3.8) is 0 Å². The normalized spacial score (nSPS) is 15.4. The summed E-state index contributed by atoms with van der Waals surface area (Å²) in [5, 5.41) is 3.01. The monoisotopic (exact) mass is 261 g/mol. The SMILES string of the molecule is CO/N=C(/c1ccc2c(c1)OCCO2)C(F)(F)F. The van der Waals surface area contributed by atoms with Crippen LogP contribution in [0.2, 0.25) is 0 Å². The zero-order valence-electron chi connectivity index (χ0n) is 9.45. The molecule has 1 aliphatic heterocycles. The van der Waals surface area contributed by atoms with E-state index in [1.54, 1.807) is 0 Å². The van der Waals surface area contributed by atoms with Gasteiger partial charge in [-0.2, -0.15) is 13.2 Å². The van der Waals surface area contributed by atoms with E-state index in [1.807, 2.05) is 0 Å². The van der Waals surface area contributed by atoms with Crippen LogP contribution in [0, 0.1) is 0 Å². The Balaban J connectivity index is 2.40. The number of halogens is 3. The number of oxime groups is 1. The molecule has 1 aromatic carbocycles. The van der Waals surface area contributed by atoms with E-state index in [-0.39, 0.29) is 11.3 Å². The highest BCUT2D eigenvalue weighted by atomic mass is 19.4. The molecule has 0 unspecified atom stereocenters. The maximum atomic E-state index is 12.7. The third-order valence-corrected chi connectivity index (χ3v) is 2.27. The van der Waals surface area contributed by atoms with Gasteiger partial charge in [0.05, 0.1) is 0 Å². The Bertz CT molecular complexity index is 471. The summed E-state index contributed by atoms with van der Waals surface area (Å²) in [7, 11) is 1.06. The van der Waals surface area contributed by atoms with Gasteiger partial charge < -0.3 is 14.3 Å². The molecule has 1 heterocycles. The van der Waals surface area contributed by atoms with Crippen LogP contribution in [-0.2, 0) is 4.84 Å². The lowest BCUT2D eigenvalue weighted by atomic mass is 10.1. The molecule has 18 heavy (non-hydrogen) atoms. The van der Waals surface area contributed by atoms with Crippen molar-refractivity contribution in [1.82, 2.24) is 0 Å². The van der Waals surface area contributed by atoms with E-state index in [1.165, 1.54) is 18.2 Å². The van der Waals surface area contributed by atoms with E-state index in [0.717, 1.165) is 7.11 Å². The average molecular weight is 261 g/mol. The van der Waals surface area contributed by atoms with Gasteiger partial charge in [-0.15, -0.1) is 0 Å². The zero-order chi connectivity index (χ0) is 13.2. The molecular weight excluding hydrogens is 251 g/mol. The fourth-order valence-corrected chi connectivity index (χ4v) is 1.55. The van der Waals surface area contributed by atoms with E-state index in [4.69, 9.17) is 9.47 Å². The highest BCUT2D eigenvalue weighted by Crippen LogP contribution is 2.33. The van der Waals surface area contributed by atoms with Gasteiger partial charge in [0.1, 0.15) is 20.3 Å². The first-order chi connectivity index (χ1) is 8.52. The summed E-state index contributed by atoms with van der Waals surface area (Å²) < 4.78 is 48.7. The Morgan fingerprint density at radius 1 is 1.22 bits per heavy atom. The average Bonchev–Trinajstić information content (AvgIpc) is 2.34. The first kappa shape index (κ1) is 12.5. The van der Waals surface area contributed by atoms with Gasteiger partial charge in [-0.1, -0.05) is 5.16 Å². The summed E-state index contributed by atoms with van der Waals surface area (Å²) in [5.74, 6) is 0.691. The molecule has 0 saturated carbocycles. The second kappa shape index (κ2) is 4.75. The van der Waals surface area contributed by atoms with Gasteiger partial charge in [-0.05, 0) is 18.2 Å². The third-order valence-electron chi connectivity index (χ3n) is 2.27. The zero-order valence-corrected chi connectivity index (χ0v) is 9.45. The lowest BCUT2D eigenvalue weighted by Gasteiger charge is -2.19. The molecule has 0 fully saturated rings. The highest BCUT2D eigenvalue weighted by Gasteiger charge is 2.38. The molecule has 1 aromatic rings. The molecule has 0 bridgehead atoms. The first-order valence-electron chi connectivity index (χ1n) is 5.11. The molecule has 0 aliphatic carbocycles. The minimum atomic E-state index is -4.60. The number of benzene rings is 1. The van der Waals surface area contributed by atoms with Crippen LogP contribution in [0.4, 0.5) is 13.2 Å². The first-order valence-corrected chi connectivity index (χ1v) is 5.11. The van der Waals surface area contributed by atoms with E-state index in [9.17, 15) is 13.2 Å². The molecule has 0 saturated heterocycles. The lowest BCUT2D eigenvalue weighted by molar-refractivity contribution is -0.0608. The van der Waals surface area contributed by atoms with E-state index in [2.05, 4.69) is 9.99 Å². The van der Waals surface area contributed by atoms with Crippen LogP contribution in [0.5, 0.6) is 11.5 Å². The number of hydrogen-bond acceptors (Lipinski definition) is 4. The molecule has 0 N–H and O–H groups in total. The predicted octanol–water partition coefficient (Wildman–Crippen LogP) is 2.37. The molecule has 1 aliphatic rings. The van der Waals surface area contributed by atoms with Crippen molar-refractivity contribution in [2.45, 2.75) is 6.18 Å². The van der Waals surface area contributed by atoms with Gasteiger partial charge in [-0.25, -0.2) is 0 Å². The number of hydrogen-bond donors (Lipinski definition) is 0. The van der Waals surface area contributed by atoms with Crippen LogP contribution in [0.1, 0.15) is 5.56 Å². The largest absolute Gasteiger partial charge is 0.486 e. The summed E-state index contributed by atoms with van der Waals surface area (Å²) in [6.45, 7) is 0.684. The molecule has 0 radical (unpaired) electrons. The summed E-state index contributed by atoms with van der Waals surface area (Å²) in [6.07, 6.45) is -4.60. The Kier molecular flexibility index (Phi) is 3.31. The van der Waals surface area contributed by atoms with Gasteiger partial charge in [0.25, 0.3) is 0 Å². The summed E-state index contributed by atoms with van der Waals surface area (Å²) in [4.78, 5) is 4.22. The number of ether oxygens (including phenoxy) is 2. The van der Waals surface area contributed by atoms with Crippen molar-refractivity contribution in [3.05, 3.63) is 23.8 Å². The van der Waals surface area contributed by atoms with Crippen molar-refractivity contribution in [3.8, 4) is 11.5 Å². The van der Waals surface area contributed by atoms with Gasteiger partial charge in [0, 0.05) is 5.56 Å². The van der Waals surface area contributed by atoms with Crippen LogP contribution >= 0.6 is 0 Å². The third kappa shape index (κ3) is 2.49. The van der Waals surface area contributed by atoms with Crippen molar-refractivity contribution < 1.29 is 27.5 Å². The molecule has 7 heteroatoms. The van der Waals surface area contributed by atoms with Crippen LogP contribution in [0.3, 0.4) is 0 Å². The number of rotatable bonds is 2. The van der Waals surface area contributed by atoms with Crippen molar-refractivity contribution >= 4 is 5.71 Å². The van der Waals surface area contributed by atoms with Gasteiger partial charge in [0.2, 0.25) is 0 Å². The minimum absolute atomic E-state index is 0.131. The summed E-state index contributed by atoms with van der Waals surface area (Å²) in [6, 6.07) is 3.92. The molecule has 0 spiro atoms. The van der Waals surface area contributed by atoms with Crippen molar-refractivity contribution in [1.29, 1.82) is 0 Å².